The van der Waals surface area contributed by atoms with E-state index in [4.69, 9.17) is 5.73 Å². The molecule has 0 saturated carbocycles. The van der Waals surface area contributed by atoms with Gasteiger partial charge in [0.25, 0.3) is 0 Å². The van der Waals surface area contributed by atoms with Gasteiger partial charge in [-0.25, -0.2) is 0 Å². The molecule has 18 heavy (non-hydrogen) atoms. The molecule has 2 rings (SSSR count). The average molecular weight is 253 g/mol. The van der Waals surface area contributed by atoms with Crippen LogP contribution in [0.5, 0.6) is 0 Å². The lowest BCUT2D eigenvalue weighted by Gasteiger charge is -2.42. The van der Waals surface area contributed by atoms with Crippen LogP contribution in [0.3, 0.4) is 0 Å². The molecule has 2 aliphatic rings. The summed E-state index contributed by atoms with van der Waals surface area (Å²) in [7, 11) is 0. The van der Waals surface area contributed by atoms with Crippen molar-refractivity contribution >= 4 is 0 Å². The Balaban J connectivity index is 2.02. The monoisotopic (exact) mass is 253 g/mol. The summed E-state index contributed by atoms with van der Waals surface area (Å²) in [6.07, 6.45) is 8.24. The van der Waals surface area contributed by atoms with E-state index in [2.05, 4.69) is 23.6 Å². The van der Waals surface area contributed by atoms with Crippen LogP contribution in [0.4, 0.5) is 0 Å². The standard InChI is InChI=1S/C15H31N3/c1-14(2)17-11-8-15(12-16,13-17)18-9-6-4-3-5-7-10-18/h14H,3-13,16H2,1-2H3. The predicted molar refractivity (Wildman–Crippen MR) is 77.8 cm³/mol. The summed E-state index contributed by atoms with van der Waals surface area (Å²) < 4.78 is 0. The first-order valence-corrected chi connectivity index (χ1v) is 7.87. The van der Waals surface area contributed by atoms with Crippen molar-refractivity contribution in [2.75, 3.05) is 32.7 Å². The van der Waals surface area contributed by atoms with E-state index in [1.807, 2.05) is 0 Å². The topological polar surface area (TPSA) is 32.5 Å². The summed E-state index contributed by atoms with van der Waals surface area (Å²) in [6.45, 7) is 10.4. The molecule has 106 valence electrons. The maximum atomic E-state index is 6.18. The highest BCUT2D eigenvalue weighted by Gasteiger charge is 2.42. The SMILES string of the molecule is CC(C)N1CCC(CN)(N2CCCCCCC2)C1. The largest absolute Gasteiger partial charge is 0.329 e. The number of rotatable bonds is 3. The molecule has 3 heteroatoms. The zero-order chi connectivity index (χ0) is 13.0. The van der Waals surface area contributed by atoms with E-state index < -0.39 is 0 Å². The zero-order valence-electron chi connectivity index (χ0n) is 12.3. The minimum atomic E-state index is 0.279. The molecular formula is C15H31N3. The molecule has 2 saturated heterocycles. The van der Waals surface area contributed by atoms with Crippen molar-refractivity contribution in [2.24, 2.45) is 5.73 Å². The van der Waals surface area contributed by atoms with Crippen molar-refractivity contribution in [3.63, 3.8) is 0 Å². The summed E-state index contributed by atoms with van der Waals surface area (Å²) >= 11 is 0. The summed E-state index contributed by atoms with van der Waals surface area (Å²) in [5, 5.41) is 0. The van der Waals surface area contributed by atoms with Gasteiger partial charge in [-0.2, -0.15) is 0 Å². The van der Waals surface area contributed by atoms with Crippen molar-refractivity contribution in [3.8, 4) is 0 Å². The Morgan fingerprint density at radius 1 is 1.00 bits per heavy atom. The van der Waals surface area contributed by atoms with Crippen molar-refractivity contribution in [3.05, 3.63) is 0 Å². The lowest BCUT2D eigenvalue weighted by Crippen LogP contribution is -2.56. The van der Waals surface area contributed by atoms with Crippen LogP contribution in [0.15, 0.2) is 0 Å². The Hall–Kier alpha value is -0.120. The van der Waals surface area contributed by atoms with Gasteiger partial charge in [-0.05, 0) is 46.2 Å². The Bertz CT molecular complexity index is 246. The fourth-order valence-electron chi connectivity index (χ4n) is 3.60. The van der Waals surface area contributed by atoms with E-state index in [1.54, 1.807) is 0 Å². The molecule has 1 unspecified atom stereocenters. The van der Waals surface area contributed by atoms with Crippen LogP contribution in [0.25, 0.3) is 0 Å². The molecule has 3 nitrogen and oxygen atoms in total. The third-order valence-electron chi connectivity index (χ3n) is 5.00. The Morgan fingerprint density at radius 3 is 2.11 bits per heavy atom. The molecule has 0 radical (unpaired) electrons. The first-order valence-electron chi connectivity index (χ1n) is 7.87. The van der Waals surface area contributed by atoms with Gasteiger partial charge in [-0.1, -0.05) is 19.3 Å². The molecule has 2 fully saturated rings. The molecule has 1 atom stereocenters. The molecular weight excluding hydrogens is 222 g/mol. The van der Waals surface area contributed by atoms with Crippen molar-refractivity contribution in [2.45, 2.75) is 64.0 Å². The van der Waals surface area contributed by atoms with Crippen LogP contribution in [-0.4, -0.2) is 54.1 Å². The molecule has 0 aromatic heterocycles. The average Bonchev–Trinajstić information content (AvgIpc) is 2.74. The predicted octanol–water partition coefficient (Wildman–Crippen LogP) is 2.06. The van der Waals surface area contributed by atoms with E-state index in [-0.39, 0.29) is 5.54 Å². The second kappa shape index (κ2) is 6.36. The normalized spacial score (nSPS) is 32.7. The maximum absolute atomic E-state index is 6.18. The molecule has 0 aromatic carbocycles. The molecule has 0 aromatic rings. The smallest absolute Gasteiger partial charge is 0.0470 e. The highest BCUT2D eigenvalue weighted by Crippen LogP contribution is 2.30. The van der Waals surface area contributed by atoms with E-state index in [0.717, 1.165) is 6.54 Å². The van der Waals surface area contributed by atoms with Gasteiger partial charge in [0.15, 0.2) is 0 Å². The minimum absolute atomic E-state index is 0.279. The quantitative estimate of drug-likeness (QED) is 0.836. The second-order valence-electron chi connectivity index (χ2n) is 6.50. The van der Waals surface area contributed by atoms with Crippen LogP contribution in [0.1, 0.15) is 52.4 Å². The van der Waals surface area contributed by atoms with Crippen LogP contribution in [0, 0.1) is 0 Å². The molecule has 2 heterocycles. The van der Waals surface area contributed by atoms with Gasteiger partial charge in [-0.15, -0.1) is 0 Å². The summed E-state index contributed by atoms with van der Waals surface area (Å²) in [6, 6.07) is 0.660. The summed E-state index contributed by atoms with van der Waals surface area (Å²) in [4.78, 5) is 5.33. The van der Waals surface area contributed by atoms with E-state index >= 15 is 0 Å². The van der Waals surface area contributed by atoms with E-state index in [0.29, 0.717) is 6.04 Å². The van der Waals surface area contributed by atoms with Crippen LogP contribution >= 0.6 is 0 Å². The third-order valence-corrected chi connectivity index (χ3v) is 5.00. The minimum Gasteiger partial charge on any atom is -0.329 e. The second-order valence-corrected chi connectivity index (χ2v) is 6.50. The number of nitrogens with zero attached hydrogens (tertiary/aromatic N) is 2. The van der Waals surface area contributed by atoms with E-state index in [9.17, 15) is 0 Å². The first kappa shape index (κ1) is 14.3. The number of hydrogen-bond donors (Lipinski definition) is 1. The highest BCUT2D eigenvalue weighted by molar-refractivity contribution is 5.00. The van der Waals surface area contributed by atoms with E-state index in [1.165, 1.54) is 64.7 Å². The zero-order valence-corrected chi connectivity index (χ0v) is 12.3. The van der Waals surface area contributed by atoms with Gasteiger partial charge in [-0.3, -0.25) is 9.80 Å². The van der Waals surface area contributed by atoms with Gasteiger partial charge in [0.05, 0.1) is 0 Å². The van der Waals surface area contributed by atoms with Crippen molar-refractivity contribution < 1.29 is 0 Å². The highest BCUT2D eigenvalue weighted by atomic mass is 15.3. The number of likely N-dealkylation sites (tertiary alicyclic amines) is 2. The Labute approximate surface area is 113 Å². The summed E-state index contributed by atoms with van der Waals surface area (Å²) in [5.41, 5.74) is 6.46. The lowest BCUT2D eigenvalue weighted by atomic mass is 9.93. The summed E-state index contributed by atoms with van der Waals surface area (Å²) in [5.74, 6) is 0. The van der Waals surface area contributed by atoms with Gasteiger partial charge in [0.2, 0.25) is 0 Å². The fraction of sp³-hybridized carbons (Fsp3) is 1.00. The van der Waals surface area contributed by atoms with Crippen LogP contribution in [0.2, 0.25) is 0 Å². The molecule has 0 amide bonds. The Morgan fingerprint density at radius 2 is 1.61 bits per heavy atom. The van der Waals surface area contributed by atoms with Crippen molar-refractivity contribution in [1.29, 1.82) is 0 Å². The van der Waals surface area contributed by atoms with Crippen LogP contribution < -0.4 is 5.73 Å². The first-order chi connectivity index (χ1) is 8.68. The van der Waals surface area contributed by atoms with Gasteiger partial charge in [0, 0.05) is 31.2 Å². The number of nitrogens with two attached hydrogens (primary N) is 1. The molecule has 2 N–H and O–H groups in total. The van der Waals surface area contributed by atoms with Gasteiger partial charge in [0.1, 0.15) is 0 Å². The maximum Gasteiger partial charge on any atom is 0.0470 e. The molecule has 0 aliphatic carbocycles. The van der Waals surface area contributed by atoms with Crippen molar-refractivity contribution in [1.82, 2.24) is 9.80 Å². The van der Waals surface area contributed by atoms with Gasteiger partial charge < -0.3 is 5.73 Å². The number of hydrogen-bond acceptors (Lipinski definition) is 3. The third kappa shape index (κ3) is 3.06. The molecule has 0 spiro atoms. The van der Waals surface area contributed by atoms with Crippen LogP contribution in [-0.2, 0) is 0 Å². The Kier molecular flexibility index (Phi) is 5.05. The van der Waals surface area contributed by atoms with Gasteiger partial charge >= 0.3 is 0 Å². The fourth-order valence-corrected chi connectivity index (χ4v) is 3.60. The lowest BCUT2D eigenvalue weighted by molar-refractivity contribution is 0.0848. The molecule has 0 bridgehead atoms. The molecule has 2 aliphatic heterocycles.